The molecule has 4 heteroatoms. The standard InChI is InChI=1S/C14H10BrFNO/c15-13-6-3-4-11(8-13)9-17-18-10-12-5-1-2-7-14(12)16/h1-8H,10H2. The van der Waals surface area contributed by atoms with Crippen LogP contribution in [0.5, 0.6) is 0 Å². The fraction of sp³-hybridized carbons (Fsp3) is 0.0714. The van der Waals surface area contributed by atoms with E-state index in [4.69, 9.17) is 4.84 Å². The van der Waals surface area contributed by atoms with Crippen molar-refractivity contribution < 1.29 is 9.23 Å². The van der Waals surface area contributed by atoms with Gasteiger partial charge in [0.2, 0.25) is 0 Å². The van der Waals surface area contributed by atoms with Crippen LogP contribution < -0.4 is 0 Å². The van der Waals surface area contributed by atoms with E-state index in [0.29, 0.717) is 5.56 Å². The molecule has 0 atom stereocenters. The second kappa shape index (κ2) is 6.31. The van der Waals surface area contributed by atoms with E-state index in [2.05, 4.69) is 27.3 Å². The Morgan fingerprint density at radius 2 is 2.00 bits per heavy atom. The van der Waals surface area contributed by atoms with E-state index in [9.17, 15) is 4.39 Å². The number of benzene rings is 2. The van der Waals surface area contributed by atoms with Gasteiger partial charge >= 0.3 is 0 Å². The molecule has 2 aromatic rings. The van der Waals surface area contributed by atoms with Crippen molar-refractivity contribution in [1.82, 2.24) is 0 Å². The van der Waals surface area contributed by atoms with Gasteiger partial charge in [-0.05, 0) is 18.2 Å². The van der Waals surface area contributed by atoms with Gasteiger partial charge in [-0.15, -0.1) is 0 Å². The Labute approximate surface area is 113 Å². The first-order valence-corrected chi connectivity index (χ1v) is 6.12. The molecule has 91 valence electrons. The van der Waals surface area contributed by atoms with E-state index < -0.39 is 0 Å². The topological polar surface area (TPSA) is 21.6 Å². The third-order valence-electron chi connectivity index (χ3n) is 2.24. The van der Waals surface area contributed by atoms with Crippen molar-refractivity contribution >= 4 is 22.1 Å². The van der Waals surface area contributed by atoms with Crippen molar-refractivity contribution in [2.75, 3.05) is 0 Å². The summed E-state index contributed by atoms with van der Waals surface area (Å²) in [4.78, 5) is 5.00. The Hall–Kier alpha value is -1.68. The summed E-state index contributed by atoms with van der Waals surface area (Å²) in [5.41, 5.74) is 1.26. The lowest BCUT2D eigenvalue weighted by Crippen LogP contribution is -1.92. The van der Waals surface area contributed by atoms with E-state index in [1.807, 2.05) is 24.3 Å². The Bertz CT molecular complexity index is 557. The minimum Gasteiger partial charge on any atom is -0.390 e. The summed E-state index contributed by atoms with van der Waals surface area (Å²) in [6, 6.07) is 13.9. The van der Waals surface area contributed by atoms with Crippen LogP contribution in [0.3, 0.4) is 0 Å². The Morgan fingerprint density at radius 3 is 2.78 bits per heavy atom. The van der Waals surface area contributed by atoms with Gasteiger partial charge in [0.25, 0.3) is 0 Å². The molecule has 0 aliphatic heterocycles. The predicted octanol–water partition coefficient (Wildman–Crippen LogP) is 4.02. The summed E-state index contributed by atoms with van der Waals surface area (Å²) < 4.78 is 14.2. The molecule has 0 saturated carbocycles. The molecule has 0 aromatic heterocycles. The van der Waals surface area contributed by atoms with Crippen LogP contribution >= 0.6 is 15.9 Å². The van der Waals surface area contributed by atoms with Gasteiger partial charge in [-0.2, -0.15) is 0 Å². The molecule has 0 N–H and O–H groups in total. The van der Waals surface area contributed by atoms with Crippen LogP contribution in [0, 0.1) is 5.82 Å². The van der Waals surface area contributed by atoms with Gasteiger partial charge < -0.3 is 4.84 Å². The highest BCUT2D eigenvalue weighted by atomic mass is 79.9. The minimum absolute atomic E-state index is 0.0909. The quantitative estimate of drug-likeness (QED) is 0.617. The number of hydrogen-bond donors (Lipinski definition) is 0. The summed E-state index contributed by atoms with van der Waals surface area (Å²) in [6.07, 6.45) is 2.73. The first-order valence-electron chi connectivity index (χ1n) is 5.33. The molecule has 2 nitrogen and oxygen atoms in total. The molecule has 0 heterocycles. The van der Waals surface area contributed by atoms with E-state index in [0.717, 1.165) is 10.0 Å². The smallest absolute Gasteiger partial charge is 0.145 e. The van der Waals surface area contributed by atoms with E-state index in [1.165, 1.54) is 6.07 Å². The maximum atomic E-state index is 13.2. The Balaban J connectivity index is 1.91. The minimum atomic E-state index is -0.296. The number of hydrogen-bond acceptors (Lipinski definition) is 2. The van der Waals surface area contributed by atoms with Crippen molar-refractivity contribution in [3.8, 4) is 0 Å². The molecule has 0 unspecified atom stereocenters. The van der Waals surface area contributed by atoms with Crippen molar-refractivity contribution in [3.63, 3.8) is 0 Å². The summed E-state index contributed by atoms with van der Waals surface area (Å²) >= 11 is 3.35. The van der Waals surface area contributed by atoms with Crippen LogP contribution in [0.2, 0.25) is 0 Å². The van der Waals surface area contributed by atoms with Gasteiger partial charge in [0.05, 0.1) is 0 Å². The van der Waals surface area contributed by atoms with Gasteiger partial charge in [-0.1, -0.05) is 51.4 Å². The zero-order chi connectivity index (χ0) is 12.8. The maximum Gasteiger partial charge on any atom is 0.145 e. The summed E-state index contributed by atoms with van der Waals surface area (Å²) in [5, 5.41) is 3.68. The zero-order valence-electron chi connectivity index (χ0n) is 9.44. The molecule has 0 aliphatic carbocycles. The van der Waals surface area contributed by atoms with Gasteiger partial charge in [0.1, 0.15) is 18.6 Å². The first-order chi connectivity index (χ1) is 8.75. The van der Waals surface area contributed by atoms with Crippen LogP contribution in [0.15, 0.2) is 58.2 Å². The molecule has 18 heavy (non-hydrogen) atoms. The number of nitrogens with zero attached hydrogens (tertiary/aromatic N) is 1. The Kier molecular flexibility index (Phi) is 4.47. The Morgan fingerprint density at radius 1 is 1.17 bits per heavy atom. The van der Waals surface area contributed by atoms with Crippen molar-refractivity contribution in [1.29, 1.82) is 0 Å². The maximum absolute atomic E-state index is 13.2. The largest absolute Gasteiger partial charge is 0.390 e. The molecule has 0 spiro atoms. The number of halogens is 2. The molecule has 0 fully saturated rings. The summed E-state index contributed by atoms with van der Waals surface area (Å²) in [7, 11) is 0. The van der Waals surface area contributed by atoms with Crippen LogP contribution in [-0.4, -0.2) is 6.21 Å². The lowest BCUT2D eigenvalue weighted by atomic mass is 10.2. The lowest BCUT2D eigenvalue weighted by Gasteiger charge is -2.00. The van der Waals surface area contributed by atoms with Crippen molar-refractivity contribution in [3.05, 3.63) is 69.9 Å². The average Bonchev–Trinajstić information content (AvgIpc) is 2.37. The normalized spacial score (nSPS) is 10.8. The average molecular weight is 307 g/mol. The second-order valence-electron chi connectivity index (χ2n) is 3.58. The summed E-state index contributed by atoms with van der Waals surface area (Å²) in [6.45, 7) is 0.0909. The van der Waals surface area contributed by atoms with Crippen molar-refractivity contribution in [2.45, 2.75) is 6.61 Å². The van der Waals surface area contributed by atoms with E-state index in [1.54, 1.807) is 18.2 Å². The van der Waals surface area contributed by atoms with E-state index in [-0.39, 0.29) is 12.4 Å². The lowest BCUT2D eigenvalue weighted by molar-refractivity contribution is 0.129. The highest BCUT2D eigenvalue weighted by Crippen LogP contribution is 2.10. The van der Waals surface area contributed by atoms with Crippen molar-refractivity contribution in [2.24, 2.45) is 5.16 Å². The predicted molar refractivity (Wildman–Crippen MR) is 71.9 cm³/mol. The zero-order valence-corrected chi connectivity index (χ0v) is 11.0. The highest BCUT2D eigenvalue weighted by Gasteiger charge is 1.99. The van der Waals surface area contributed by atoms with E-state index >= 15 is 0 Å². The van der Waals surface area contributed by atoms with Crippen LogP contribution in [0.25, 0.3) is 0 Å². The third-order valence-corrected chi connectivity index (χ3v) is 2.74. The van der Waals surface area contributed by atoms with Crippen LogP contribution in [-0.2, 0) is 11.4 Å². The van der Waals surface area contributed by atoms with Gasteiger partial charge in [-0.3, -0.25) is 0 Å². The molecular weight excluding hydrogens is 297 g/mol. The third kappa shape index (κ3) is 3.67. The molecule has 0 aliphatic rings. The van der Waals surface area contributed by atoms with Gasteiger partial charge in [0.15, 0.2) is 0 Å². The molecular formula is C14H10BrFNO. The molecule has 2 rings (SSSR count). The van der Waals surface area contributed by atoms with Gasteiger partial charge in [0, 0.05) is 15.6 Å². The number of rotatable bonds is 4. The molecule has 0 amide bonds. The van der Waals surface area contributed by atoms with Crippen LogP contribution in [0.1, 0.15) is 11.1 Å². The molecule has 1 radical (unpaired) electrons. The molecule has 0 bridgehead atoms. The first kappa shape index (κ1) is 12.8. The van der Waals surface area contributed by atoms with Gasteiger partial charge in [-0.25, -0.2) is 4.39 Å². The fourth-order valence-corrected chi connectivity index (χ4v) is 1.76. The monoisotopic (exact) mass is 306 g/mol. The molecule has 2 aromatic carbocycles. The van der Waals surface area contributed by atoms with Crippen LogP contribution in [0.4, 0.5) is 4.39 Å². The fourth-order valence-electron chi connectivity index (χ4n) is 1.36. The highest BCUT2D eigenvalue weighted by molar-refractivity contribution is 9.10. The SMILES string of the molecule is Fc1ccccc1CO/N=[C]\c1cccc(Br)c1. The second-order valence-corrected chi connectivity index (χ2v) is 4.49. The molecule has 0 saturated heterocycles. The summed E-state index contributed by atoms with van der Waals surface area (Å²) in [5.74, 6) is -0.296.